The number of ketones is 3. The SMILES string of the molecule is C.CN(c1ncnc2[nH]ccc12)N1CCCC(C(=O)CCC(F)F)C1.CN(c1ncnc2[nH]ccc12)N1CCC[C@@H](C(=O)CCC(F)F)C1.CN(c1ncnc2[nH]ccc12)N1CCC[C@H](C(=O)CCC(F)F)C1.[CH3-].[CH3-].[W].[W]. The van der Waals surface area contributed by atoms with E-state index in [-0.39, 0.29) is 138 Å². The van der Waals surface area contributed by atoms with Gasteiger partial charge in [0.15, 0.2) is 17.5 Å². The number of Topliss-reactive ketones (excluding diaryl/α,β-unsaturated/α-hetero) is 3. The molecule has 426 valence electrons. The quantitative estimate of drug-likeness (QED) is 0.0544. The number of hydrogen-bond acceptors (Lipinski definition) is 15. The first kappa shape index (κ1) is 68.2. The number of piperidine rings is 3. The van der Waals surface area contributed by atoms with Gasteiger partial charge in [0.2, 0.25) is 19.3 Å². The monoisotopic (exact) mass is 1430 g/mol. The van der Waals surface area contributed by atoms with E-state index in [9.17, 15) is 40.7 Å². The maximum Gasteiger partial charge on any atom is 0.239 e. The molecule has 3 atom stereocenters. The van der Waals surface area contributed by atoms with E-state index in [4.69, 9.17) is 0 Å². The number of aromatic nitrogens is 9. The zero-order valence-corrected chi connectivity index (χ0v) is 49.4. The van der Waals surface area contributed by atoms with E-state index in [2.05, 4.69) is 59.9 Å². The molecule has 6 aromatic heterocycles. The van der Waals surface area contributed by atoms with Gasteiger partial charge in [-0.3, -0.25) is 29.4 Å². The normalized spacial score (nSPS) is 17.8. The van der Waals surface area contributed by atoms with E-state index >= 15 is 0 Å². The van der Waals surface area contributed by atoms with Crippen molar-refractivity contribution in [3.63, 3.8) is 0 Å². The van der Waals surface area contributed by atoms with E-state index in [1.165, 1.54) is 19.0 Å². The molecule has 6 aromatic rings. The predicted molar refractivity (Wildman–Crippen MR) is 280 cm³/mol. The van der Waals surface area contributed by atoms with Gasteiger partial charge in [0, 0.05) is 177 Å². The molecule has 1 unspecified atom stereocenters. The largest absolute Gasteiger partial charge is 0.358 e. The molecule has 0 aromatic carbocycles. The molecule has 3 aliphatic heterocycles. The number of carbonyl (C=O) groups excluding carboxylic acids is 3. The van der Waals surface area contributed by atoms with E-state index in [1.807, 2.05) is 73.0 Å². The van der Waals surface area contributed by atoms with Crippen LogP contribution in [-0.2, 0) is 56.5 Å². The fraction of sp³-hybridized carbons (Fsp3) is 0.549. The summed E-state index contributed by atoms with van der Waals surface area (Å²) in [6, 6.07) is 5.74. The standard InChI is InChI=1S/3C16H21F2N5O.CH4.2CH3.2W/c3*1-22(16-12-6-7-19-15(12)20-10-21-16)23-8-2-3-11(9-23)13(24)4-5-14(17)18;;;;;/h3*6-7,10-11,14H,2-5,8-9H2,1H3,(H,19,20,21);1H4;2*1H3;;/q;;;;2*-1;;/t2*11-;;;;;;/m10....../s1. The van der Waals surface area contributed by atoms with Crippen molar-refractivity contribution < 1.29 is 82.9 Å². The average molecular weight is 1430 g/mol. The van der Waals surface area contributed by atoms with Gasteiger partial charge >= 0.3 is 0 Å². The molecule has 0 bridgehead atoms. The van der Waals surface area contributed by atoms with Crippen LogP contribution in [-0.4, -0.2) is 157 Å². The Labute approximate surface area is 475 Å². The van der Waals surface area contributed by atoms with Crippen molar-refractivity contribution in [3.05, 3.63) is 70.6 Å². The molecule has 0 amide bonds. The molecule has 26 heteroatoms. The van der Waals surface area contributed by atoms with Gasteiger partial charge in [-0.25, -0.2) is 71.3 Å². The van der Waals surface area contributed by atoms with Crippen molar-refractivity contribution in [2.24, 2.45) is 17.8 Å². The number of nitrogens with zero attached hydrogens (tertiary/aromatic N) is 12. The van der Waals surface area contributed by atoms with Crippen LogP contribution in [0.5, 0.6) is 0 Å². The van der Waals surface area contributed by atoms with Gasteiger partial charge in [-0.05, 0) is 56.7 Å². The number of hydrogen-bond donors (Lipinski definition) is 3. The molecule has 9 heterocycles. The number of H-pyrrole nitrogens is 3. The van der Waals surface area contributed by atoms with E-state index in [0.29, 0.717) is 19.6 Å². The number of aromatic amines is 3. The molecule has 77 heavy (non-hydrogen) atoms. The minimum Gasteiger partial charge on any atom is -0.358 e. The fourth-order valence-electron chi connectivity index (χ4n) is 9.60. The summed E-state index contributed by atoms with van der Waals surface area (Å²) in [5.74, 6) is 1.52. The summed E-state index contributed by atoms with van der Waals surface area (Å²) < 4.78 is 73.9. The Morgan fingerprint density at radius 2 is 0.766 bits per heavy atom. The summed E-state index contributed by atoms with van der Waals surface area (Å²) in [6.45, 7) is 4.04. The Bertz CT molecular complexity index is 2410. The van der Waals surface area contributed by atoms with Crippen molar-refractivity contribution in [1.82, 2.24) is 59.9 Å². The number of halogens is 6. The summed E-state index contributed by atoms with van der Waals surface area (Å²) in [7, 11) is 5.71. The third kappa shape index (κ3) is 18.3. The average Bonchev–Trinajstić information content (AvgIpc) is 4.21. The van der Waals surface area contributed by atoms with Crippen molar-refractivity contribution in [1.29, 1.82) is 0 Å². The van der Waals surface area contributed by atoms with Crippen molar-refractivity contribution >= 4 is 67.9 Å². The molecule has 3 aliphatic rings. The van der Waals surface area contributed by atoms with Crippen LogP contribution in [0.4, 0.5) is 43.8 Å². The maximum absolute atomic E-state index is 12.3. The van der Waals surface area contributed by atoms with Crippen LogP contribution in [0.3, 0.4) is 0 Å². The van der Waals surface area contributed by atoms with Crippen molar-refractivity contribution in [2.45, 2.75) is 104 Å². The number of fused-ring (bicyclic) bond motifs is 3. The molecule has 3 fully saturated rings. The van der Waals surface area contributed by atoms with Gasteiger partial charge in [0.1, 0.15) is 53.3 Å². The van der Waals surface area contributed by atoms with Crippen molar-refractivity contribution in [3.8, 4) is 0 Å². The van der Waals surface area contributed by atoms with Gasteiger partial charge in [-0.2, -0.15) is 0 Å². The van der Waals surface area contributed by atoms with Crippen LogP contribution in [0.2, 0.25) is 0 Å². The first-order valence-electron chi connectivity index (χ1n) is 24.4. The first-order chi connectivity index (χ1) is 34.7. The second-order valence-electron chi connectivity index (χ2n) is 18.3. The second-order valence-corrected chi connectivity index (χ2v) is 18.3. The number of hydrazine groups is 3. The van der Waals surface area contributed by atoms with Crippen LogP contribution in [0, 0.1) is 32.6 Å². The zero-order valence-electron chi connectivity index (χ0n) is 43.6. The first-order valence-corrected chi connectivity index (χ1v) is 24.4. The Balaban J connectivity index is 0.000000383. The minimum absolute atomic E-state index is 0. The molecule has 9 rings (SSSR count). The molecule has 0 aliphatic carbocycles. The zero-order chi connectivity index (χ0) is 51.3. The second kappa shape index (κ2) is 32.9. The van der Waals surface area contributed by atoms with Gasteiger partial charge in [0.25, 0.3) is 0 Å². The topological polar surface area (TPSA) is 195 Å². The van der Waals surface area contributed by atoms with E-state index in [1.54, 1.807) is 0 Å². The van der Waals surface area contributed by atoms with Crippen LogP contribution >= 0.6 is 0 Å². The van der Waals surface area contributed by atoms with Crippen LogP contribution in [0.15, 0.2) is 55.8 Å². The summed E-state index contributed by atoms with van der Waals surface area (Å²) in [4.78, 5) is 71.2. The Kier molecular flexibility index (Phi) is 29.1. The van der Waals surface area contributed by atoms with Gasteiger partial charge in [-0.15, -0.1) is 0 Å². The third-order valence-corrected chi connectivity index (χ3v) is 13.6. The number of nitrogens with one attached hydrogen (secondary N) is 3. The Hall–Kier alpha value is -4.89. The predicted octanol–water partition coefficient (Wildman–Crippen LogP) is 9.44. The van der Waals surface area contributed by atoms with Crippen LogP contribution in [0.1, 0.15) is 84.5 Å². The van der Waals surface area contributed by atoms with Crippen LogP contribution < -0.4 is 15.0 Å². The molecule has 3 N–H and O–H groups in total. The fourth-order valence-corrected chi connectivity index (χ4v) is 9.60. The smallest absolute Gasteiger partial charge is 0.239 e. The molecule has 0 radical (unpaired) electrons. The van der Waals surface area contributed by atoms with E-state index < -0.39 is 19.3 Å². The molecular formula is C51H73F6N15O3W2-2. The summed E-state index contributed by atoms with van der Waals surface area (Å²) in [5.41, 5.74) is 2.27. The van der Waals surface area contributed by atoms with E-state index in [0.717, 1.165) is 109 Å². The summed E-state index contributed by atoms with van der Waals surface area (Å²) in [5, 5.41) is 14.7. The third-order valence-electron chi connectivity index (χ3n) is 13.6. The number of alkyl halides is 6. The van der Waals surface area contributed by atoms with Crippen LogP contribution in [0.25, 0.3) is 33.1 Å². The van der Waals surface area contributed by atoms with Gasteiger partial charge in [-0.1, -0.05) is 7.43 Å². The number of carbonyl (C=O) groups is 3. The minimum atomic E-state index is -2.42. The maximum atomic E-state index is 12.3. The van der Waals surface area contributed by atoms with Gasteiger partial charge in [0.05, 0.1) is 16.2 Å². The van der Waals surface area contributed by atoms with Gasteiger partial charge < -0.3 is 29.8 Å². The molecular weight excluding hydrogens is 1350 g/mol. The molecule has 0 saturated carbocycles. The summed E-state index contributed by atoms with van der Waals surface area (Å²) >= 11 is 0. The van der Waals surface area contributed by atoms with Crippen molar-refractivity contribution in [2.75, 3.05) is 75.4 Å². The number of rotatable bonds is 18. The molecule has 18 nitrogen and oxygen atoms in total. The molecule has 3 saturated heterocycles. The Morgan fingerprint density at radius 3 is 1.01 bits per heavy atom. The molecule has 0 spiro atoms. The number of anilines is 3. The summed E-state index contributed by atoms with van der Waals surface area (Å²) in [6.07, 6.45) is 6.35. The Morgan fingerprint density at radius 1 is 0.506 bits per heavy atom.